The highest BCUT2D eigenvalue weighted by Gasteiger charge is 2.01. The fourth-order valence-corrected chi connectivity index (χ4v) is 0.867. The molecule has 0 fully saturated rings. The topological polar surface area (TPSA) is 50.7 Å². The van der Waals surface area contributed by atoms with Gasteiger partial charge in [-0.25, -0.2) is 4.98 Å². The summed E-state index contributed by atoms with van der Waals surface area (Å²) in [7, 11) is 1.84. The lowest BCUT2D eigenvalue weighted by Gasteiger charge is -2.03. The Morgan fingerprint density at radius 3 is 2.64 bits per heavy atom. The van der Waals surface area contributed by atoms with Crippen LogP contribution >= 0.6 is 0 Å². The first-order valence-electron chi connectivity index (χ1n) is 3.66. The van der Waals surface area contributed by atoms with Crippen LogP contribution in [0, 0.1) is 6.92 Å². The molecular formula is C7H12N4. The zero-order valence-electron chi connectivity index (χ0n) is 7.05. The van der Waals surface area contributed by atoms with Gasteiger partial charge in [-0.3, -0.25) is 0 Å². The highest BCUT2D eigenvalue weighted by Crippen LogP contribution is 2.07. The van der Waals surface area contributed by atoms with Gasteiger partial charge in [0.1, 0.15) is 11.5 Å². The first-order valence-corrected chi connectivity index (χ1v) is 3.66. The van der Waals surface area contributed by atoms with Crippen LogP contribution < -0.4 is 5.32 Å². The maximum absolute atomic E-state index is 4.18. The van der Waals surface area contributed by atoms with Crippen molar-refractivity contribution in [1.29, 1.82) is 0 Å². The Labute approximate surface area is 66.1 Å². The third-order valence-corrected chi connectivity index (χ3v) is 1.43. The lowest BCUT2D eigenvalue weighted by molar-refractivity contribution is 0.844. The lowest BCUT2D eigenvalue weighted by atomic mass is 10.3. The molecule has 0 unspecified atom stereocenters. The number of aromatic nitrogens is 3. The quantitative estimate of drug-likeness (QED) is 0.680. The highest BCUT2D eigenvalue weighted by atomic mass is 15.2. The van der Waals surface area contributed by atoms with E-state index in [9.17, 15) is 0 Å². The Hall–Kier alpha value is -1.19. The summed E-state index contributed by atoms with van der Waals surface area (Å²) >= 11 is 0. The number of nitrogens with one attached hydrogen (secondary N) is 1. The second-order valence-electron chi connectivity index (χ2n) is 2.26. The molecule has 11 heavy (non-hydrogen) atoms. The van der Waals surface area contributed by atoms with Crippen LogP contribution in [-0.2, 0) is 6.42 Å². The van der Waals surface area contributed by atoms with Gasteiger partial charge < -0.3 is 5.32 Å². The third-order valence-electron chi connectivity index (χ3n) is 1.43. The van der Waals surface area contributed by atoms with Gasteiger partial charge in [0.05, 0.1) is 0 Å². The standard InChI is InChI=1S/C7H12N4/c1-4-6-7(8-3)9-5(2)10-11-6/h4H2,1-3H3,(H,8,9,10). The van der Waals surface area contributed by atoms with Gasteiger partial charge in [-0.1, -0.05) is 6.92 Å². The molecule has 4 heteroatoms. The Bertz CT molecular complexity index is 246. The number of hydrogen-bond acceptors (Lipinski definition) is 4. The van der Waals surface area contributed by atoms with Crippen LogP contribution in [0.15, 0.2) is 0 Å². The first kappa shape index (κ1) is 7.91. The van der Waals surface area contributed by atoms with Crippen molar-refractivity contribution in [2.24, 2.45) is 0 Å². The number of anilines is 1. The first-order chi connectivity index (χ1) is 5.27. The van der Waals surface area contributed by atoms with Crippen molar-refractivity contribution >= 4 is 5.82 Å². The van der Waals surface area contributed by atoms with E-state index in [1.165, 1.54) is 0 Å². The number of nitrogens with zero attached hydrogens (tertiary/aromatic N) is 3. The van der Waals surface area contributed by atoms with Crippen molar-refractivity contribution in [2.45, 2.75) is 20.3 Å². The second kappa shape index (κ2) is 3.27. The summed E-state index contributed by atoms with van der Waals surface area (Å²) in [5.74, 6) is 1.53. The van der Waals surface area contributed by atoms with Crippen LogP contribution in [0.4, 0.5) is 5.82 Å². The molecule has 0 aliphatic rings. The van der Waals surface area contributed by atoms with Crippen molar-refractivity contribution in [1.82, 2.24) is 15.2 Å². The lowest BCUT2D eigenvalue weighted by Crippen LogP contribution is -2.04. The minimum absolute atomic E-state index is 0.701. The van der Waals surface area contributed by atoms with Gasteiger partial charge in [0.25, 0.3) is 0 Å². The summed E-state index contributed by atoms with van der Waals surface area (Å²) in [6, 6.07) is 0. The van der Waals surface area contributed by atoms with Crippen molar-refractivity contribution in [3.8, 4) is 0 Å². The minimum Gasteiger partial charge on any atom is -0.372 e. The van der Waals surface area contributed by atoms with E-state index in [0.29, 0.717) is 5.82 Å². The molecule has 0 aromatic carbocycles. The molecule has 0 saturated heterocycles. The van der Waals surface area contributed by atoms with Gasteiger partial charge >= 0.3 is 0 Å². The predicted molar refractivity (Wildman–Crippen MR) is 43.5 cm³/mol. The summed E-state index contributed by atoms with van der Waals surface area (Å²) in [6.07, 6.45) is 0.858. The van der Waals surface area contributed by atoms with Crippen LogP contribution in [0.5, 0.6) is 0 Å². The zero-order chi connectivity index (χ0) is 8.27. The van der Waals surface area contributed by atoms with Gasteiger partial charge in [0, 0.05) is 7.05 Å². The van der Waals surface area contributed by atoms with E-state index in [0.717, 1.165) is 17.9 Å². The van der Waals surface area contributed by atoms with Crippen LogP contribution in [0.3, 0.4) is 0 Å². The zero-order valence-corrected chi connectivity index (χ0v) is 7.05. The molecule has 0 spiro atoms. The Balaban J connectivity index is 3.06. The summed E-state index contributed by atoms with van der Waals surface area (Å²) in [6.45, 7) is 3.86. The van der Waals surface area contributed by atoms with Crippen molar-refractivity contribution in [3.05, 3.63) is 11.5 Å². The molecule has 1 rings (SSSR count). The van der Waals surface area contributed by atoms with Crippen LogP contribution in [0.2, 0.25) is 0 Å². The van der Waals surface area contributed by atoms with E-state index in [2.05, 4.69) is 20.5 Å². The molecule has 1 heterocycles. The molecule has 4 nitrogen and oxygen atoms in total. The molecule has 0 bridgehead atoms. The molecule has 0 saturated carbocycles. The molecule has 0 aliphatic heterocycles. The molecular weight excluding hydrogens is 140 g/mol. The van der Waals surface area contributed by atoms with Crippen molar-refractivity contribution < 1.29 is 0 Å². The Kier molecular flexibility index (Phi) is 2.36. The maximum atomic E-state index is 4.18. The van der Waals surface area contributed by atoms with E-state index in [-0.39, 0.29) is 0 Å². The molecule has 0 atom stereocenters. The summed E-state index contributed by atoms with van der Waals surface area (Å²) in [4.78, 5) is 4.18. The summed E-state index contributed by atoms with van der Waals surface area (Å²) < 4.78 is 0. The average molecular weight is 152 g/mol. The molecule has 0 radical (unpaired) electrons. The average Bonchev–Trinajstić information content (AvgIpc) is 2.04. The Morgan fingerprint density at radius 2 is 2.09 bits per heavy atom. The minimum atomic E-state index is 0.701. The van der Waals surface area contributed by atoms with Gasteiger partial charge in [-0.05, 0) is 13.3 Å². The number of rotatable bonds is 2. The second-order valence-corrected chi connectivity index (χ2v) is 2.26. The van der Waals surface area contributed by atoms with E-state index >= 15 is 0 Å². The molecule has 0 amide bonds. The molecule has 1 aromatic rings. The maximum Gasteiger partial charge on any atom is 0.151 e. The Morgan fingerprint density at radius 1 is 1.36 bits per heavy atom. The van der Waals surface area contributed by atoms with E-state index in [1.54, 1.807) is 0 Å². The van der Waals surface area contributed by atoms with E-state index in [1.807, 2.05) is 20.9 Å². The largest absolute Gasteiger partial charge is 0.372 e. The fraction of sp³-hybridized carbons (Fsp3) is 0.571. The van der Waals surface area contributed by atoms with Gasteiger partial charge in [0.2, 0.25) is 0 Å². The highest BCUT2D eigenvalue weighted by molar-refractivity contribution is 5.38. The number of hydrogen-bond donors (Lipinski definition) is 1. The van der Waals surface area contributed by atoms with E-state index < -0.39 is 0 Å². The smallest absolute Gasteiger partial charge is 0.151 e. The normalized spacial score (nSPS) is 9.73. The van der Waals surface area contributed by atoms with E-state index in [4.69, 9.17) is 0 Å². The van der Waals surface area contributed by atoms with Crippen LogP contribution in [0.25, 0.3) is 0 Å². The predicted octanol–water partition coefficient (Wildman–Crippen LogP) is 0.784. The van der Waals surface area contributed by atoms with Gasteiger partial charge in [-0.2, -0.15) is 0 Å². The van der Waals surface area contributed by atoms with Crippen LogP contribution in [0.1, 0.15) is 18.4 Å². The summed E-state index contributed by atoms with van der Waals surface area (Å²) in [5, 5.41) is 10.8. The van der Waals surface area contributed by atoms with Crippen LogP contribution in [-0.4, -0.2) is 22.2 Å². The SMILES string of the molecule is CCc1nnc(C)nc1NC. The molecule has 1 aromatic heterocycles. The third kappa shape index (κ3) is 1.63. The fourth-order valence-electron chi connectivity index (χ4n) is 0.867. The van der Waals surface area contributed by atoms with Gasteiger partial charge in [0.15, 0.2) is 5.82 Å². The number of aryl methyl sites for hydroxylation is 2. The van der Waals surface area contributed by atoms with Gasteiger partial charge in [-0.15, -0.1) is 10.2 Å². The monoisotopic (exact) mass is 152 g/mol. The van der Waals surface area contributed by atoms with Crippen molar-refractivity contribution in [2.75, 3.05) is 12.4 Å². The summed E-state index contributed by atoms with van der Waals surface area (Å²) in [5.41, 5.74) is 0.915. The molecule has 1 N–H and O–H groups in total. The van der Waals surface area contributed by atoms with Crippen molar-refractivity contribution in [3.63, 3.8) is 0 Å². The molecule has 0 aliphatic carbocycles. The molecule has 60 valence electrons.